The van der Waals surface area contributed by atoms with Crippen LogP contribution in [-0.4, -0.2) is 45.1 Å². The molecule has 1 N–H and O–H groups in total. The zero-order valence-electron chi connectivity index (χ0n) is 11.3. The van der Waals surface area contributed by atoms with Crippen LogP contribution in [0, 0.1) is 0 Å². The summed E-state index contributed by atoms with van der Waals surface area (Å²) < 4.78 is 6.89. The van der Waals surface area contributed by atoms with Gasteiger partial charge in [0.15, 0.2) is 0 Å². The van der Waals surface area contributed by atoms with Crippen LogP contribution in [0.1, 0.15) is 5.56 Å². The van der Waals surface area contributed by atoms with E-state index >= 15 is 0 Å². The molecule has 6 heteroatoms. The fourth-order valence-corrected chi connectivity index (χ4v) is 3.18. The van der Waals surface area contributed by atoms with Crippen LogP contribution in [0.15, 0.2) is 21.1 Å². The van der Waals surface area contributed by atoms with E-state index in [1.54, 1.807) is 7.11 Å². The van der Waals surface area contributed by atoms with E-state index in [1.165, 1.54) is 0 Å². The Hall–Kier alpha value is -0.590. The van der Waals surface area contributed by atoms with E-state index in [-0.39, 0.29) is 5.91 Å². The van der Waals surface area contributed by atoms with Gasteiger partial charge >= 0.3 is 0 Å². The Balaban J connectivity index is 2.60. The van der Waals surface area contributed by atoms with Gasteiger partial charge < -0.3 is 15.0 Å². The summed E-state index contributed by atoms with van der Waals surface area (Å²) in [6.07, 6.45) is 0.356. The third-order valence-corrected chi connectivity index (χ3v) is 3.69. The highest BCUT2D eigenvalue weighted by molar-refractivity contribution is 9.11. The minimum atomic E-state index is 0.0193. The second-order valence-corrected chi connectivity index (χ2v) is 6.13. The van der Waals surface area contributed by atoms with Crippen molar-refractivity contribution in [3.8, 4) is 5.75 Å². The smallest absolute Gasteiger partial charge is 0.224 e. The second-order valence-electron chi connectivity index (χ2n) is 4.42. The first-order valence-corrected chi connectivity index (χ1v) is 7.46. The molecular formula is C13H18Br2N2O2. The fourth-order valence-electron chi connectivity index (χ4n) is 1.58. The van der Waals surface area contributed by atoms with Gasteiger partial charge in [0.2, 0.25) is 5.91 Å². The predicted octanol–water partition coefficient (Wildman–Crippen LogP) is 2.44. The molecule has 1 aromatic rings. The molecule has 0 heterocycles. The lowest BCUT2D eigenvalue weighted by Gasteiger charge is -2.11. The SMILES string of the molecule is COc1c(Br)cc(CC(=O)NCCN(C)C)cc1Br. The summed E-state index contributed by atoms with van der Waals surface area (Å²) in [7, 11) is 5.56. The summed E-state index contributed by atoms with van der Waals surface area (Å²) in [4.78, 5) is 13.8. The highest BCUT2D eigenvalue weighted by Gasteiger charge is 2.10. The van der Waals surface area contributed by atoms with E-state index in [0.29, 0.717) is 13.0 Å². The van der Waals surface area contributed by atoms with Gasteiger partial charge in [-0.25, -0.2) is 0 Å². The number of methoxy groups -OCH3 is 1. The first-order valence-electron chi connectivity index (χ1n) is 5.87. The van der Waals surface area contributed by atoms with Gasteiger partial charge in [-0.3, -0.25) is 4.79 Å². The molecule has 4 nitrogen and oxygen atoms in total. The van der Waals surface area contributed by atoms with Crippen LogP contribution in [-0.2, 0) is 11.2 Å². The van der Waals surface area contributed by atoms with Gasteiger partial charge in [-0.15, -0.1) is 0 Å². The molecule has 1 rings (SSSR count). The molecule has 0 saturated carbocycles. The largest absolute Gasteiger partial charge is 0.494 e. The lowest BCUT2D eigenvalue weighted by molar-refractivity contribution is -0.120. The van der Waals surface area contributed by atoms with Crippen LogP contribution in [0.4, 0.5) is 0 Å². The molecule has 0 aliphatic rings. The number of rotatable bonds is 6. The number of ether oxygens (including phenoxy) is 1. The van der Waals surface area contributed by atoms with E-state index < -0.39 is 0 Å². The number of carbonyl (C=O) groups is 1. The third kappa shape index (κ3) is 5.50. The molecule has 0 bridgehead atoms. The van der Waals surface area contributed by atoms with Gasteiger partial charge in [0.05, 0.1) is 22.5 Å². The van der Waals surface area contributed by atoms with Gasteiger partial charge in [0.25, 0.3) is 0 Å². The maximum absolute atomic E-state index is 11.8. The molecule has 0 aliphatic heterocycles. The molecule has 0 unspecified atom stereocenters. The van der Waals surface area contributed by atoms with Crippen LogP contribution >= 0.6 is 31.9 Å². The van der Waals surface area contributed by atoms with Gasteiger partial charge in [0, 0.05) is 13.1 Å². The van der Waals surface area contributed by atoms with Crippen molar-refractivity contribution in [3.05, 3.63) is 26.6 Å². The molecule has 0 spiro atoms. The topological polar surface area (TPSA) is 41.6 Å². The molecule has 1 amide bonds. The Labute approximate surface area is 130 Å². The molecule has 0 saturated heterocycles. The lowest BCUT2D eigenvalue weighted by atomic mass is 10.1. The molecular weight excluding hydrogens is 376 g/mol. The van der Waals surface area contributed by atoms with Gasteiger partial charge in [-0.05, 0) is 63.7 Å². The first kappa shape index (κ1) is 16.5. The molecule has 106 valence electrons. The summed E-state index contributed by atoms with van der Waals surface area (Å²) in [6, 6.07) is 3.80. The minimum Gasteiger partial charge on any atom is -0.494 e. The van der Waals surface area contributed by atoms with Crippen LogP contribution in [0.2, 0.25) is 0 Å². The summed E-state index contributed by atoms with van der Waals surface area (Å²) >= 11 is 6.85. The van der Waals surface area contributed by atoms with Crippen molar-refractivity contribution in [2.24, 2.45) is 0 Å². The summed E-state index contributed by atoms with van der Waals surface area (Å²) in [5.41, 5.74) is 0.932. The van der Waals surface area contributed by atoms with Crippen LogP contribution in [0.3, 0.4) is 0 Å². The first-order chi connectivity index (χ1) is 8.93. The number of likely N-dealkylation sites (N-methyl/N-ethyl adjacent to an activating group) is 1. The number of nitrogens with one attached hydrogen (secondary N) is 1. The van der Waals surface area contributed by atoms with E-state index in [9.17, 15) is 4.79 Å². The Morgan fingerprint density at radius 3 is 2.37 bits per heavy atom. The zero-order chi connectivity index (χ0) is 14.4. The van der Waals surface area contributed by atoms with Crippen molar-refractivity contribution < 1.29 is 9.53 Å². The number of hydrogen-bond donors (Lipinski definition) is 1. The van der Waals surface area contributed by atoms with E-state index in [4.69, 9.17) is 4.74 Å². The number of benzene rings is 1. The van der Waals surface area contributed by atoms with Crippen molar-refractivity contribution in [2.75, 3.05) is 34.3 Å². The zero-order valence-corrected chi connectivity index (χ0v) is 14.5. The highest BCUT2D eigenvalue weighted by atomic mass is 79.9. The van der Waals surface area contributed by atoms with Gasteiger partial charge in [0.1, 0.15) is 5.75 Å². The van der Waals surface area contributed by atoms with Crippen molar-refractivity contribution in [1.82, 2.24) is 10.2 Å². The van der Waals surface area contributed by atoms with Crippen LogP contribution in [0.25, 0.3) is 0 Å². The van der Waals surface area contributed by atoms with Crippen molar-refractivity contribution in [1.29, 1.82) is 0 Å². The molecule has 0 aromatic heterocycles. The van der Waals surface area contributed by atoms with E-state index in [0.717, 1.165) is 26.8 Å². The average Bonchev–Trinajstić information content (AvgIpc) is 2.27. The lowest BCUT2D eigenvalue weighted by Crippen LogP contribution is -2.32. The Morgan fingerprint density at radius 1 is 1.32 bits per heavy atom. The van der Waals surface area contributed by atoms with Crippen molar-refractivity contribution in [2.45, 2.75) is 6.42 Å². The number of halogens is 2. The van der Waals surface area contributed by atoms with Gasteiger partial charge in [-0.2, -0.15) is 0 Å². The Kier molecular flexibility index (Phi) is 6.82. The molecule has 1 aromatic carbocycles. The average molecular weight is 394 g/mol. The van der Waals surface area contributed by atoms with E-state index in [1.807, 2.05) is 31.1 Å². The number of nitrogens with zero attached hydrogens (tertiary/aromatic N) is 1. The third-order valence-electron chi connectivity index (χ3n) is 2.51. The molecule has 0 aliphatic carbocycles. The normalized spacial score (nSPS) is 10.6. The number of amides is 1. The molecule has 0 fully saturated rings. The Bertz CT molecular complexity index is 427. The number of hydrogen-bond acceptors (Lipinski definition) is 3. The maximum atomic E-state index is 11.8. The minimum absolute atomic E-state index is 0.0193. The van der Waals surface area contributed by atoms with Crippen molar-refractivity contribution >= 4 is 37.8 Å². The van der Waals surface area contributed by atoms with Crippen LogP contribution in [0.5, 0.6) is 5.75 Å². The highest BCUT2D eigenvalue weighted by Crippen LogP contribution is 2.34. The predicted molar refractivity (Wildman–Crippen MR) is 83.7 cm³/mol. The maximum Gasteiger partial charge on any atom is 0.224 e. The van der Waals surface area contributed by atoms with Gasteiger partial charge in [-0.1, -0.05) is 0 Å². The fraction of sp³-hybridized carbons (Fsp3) is 0.462. The number of carbonyl (C=O) groups excluding carboxylic acids is 1. The van der Waals surface area contributed by atoms with E-state index in [2.05, 4.69) is 37.2 Å². The quantitative estimate of drug-likeness (QED) is 0.806. The second kappa shape index (κ2) is 7.87. The Morgan fingerprint density at radius 2 is 1.89 bits per heavy atom. The molecule has 19 heavy (non-hydrogen) atoms. The summed E-state index contributed by atoms with van der Waals surface area (Å²) in [6.45, 7) is 1.49. The monoisotopic (exact) mass is 392 g/mol. The summed E-state index contributed by atoms with van der Waals surface area (Å²) in [5, 5.41) is 2.89. The van der Waals surface area contributed by atoms with Crippen LogP contribution < -0.4 is 10.1 Å². The molecule has 0 radical (unpaired) electrons. The van der Waals surface area contributed by atoms with Crippen molar-refractivity contribution in [3.63, 3.8) is 0 Å². The molecule has 0 atom stereocenters. The standard InChI is InChI=1S/C13H18Br2N2O2/c1-17(2)5-4-16-12(18)8-9-6-10(14)13(19-3)11(15)7-9/h6-7H,4-5,8H2,1-3H3,(H,16,18). The summed E-state index contributed by atoms with van der Waals surface area (Å²) in [5.74, 6) is 0.752.